The standard InChI is InChI=1S/C24H23F2N7O2/c1-33-11-16(10-31-33)17-7-18(17)23(34)32-22-8-19(29-13-30-22)14-2-3-20(15(6-14)9-27)35-21-4-5-28-12-24(21,25)26/h2-3,6,8,10-11,13,17-18,21,28H,4-5,7,12H2,1H3,(H,29,30,32,34)/t17?,18?,21-/m0/s1. The third-order valence-corrected chi connectivity index (χ3v) is 6.28. The van der Waals surface area contributed by atoms with Gasteiger partial charge in [-0.3, -0.25) is 9.48 Å². The molecule has 0 spiro atoms. The maximum atomic E-state index is 14.1. The van der Waals surface area contributed by atoms with Crippen molar-refractivity contribution in [3.63, 3.8) is 0 Å². The molecule has 1 aromatic carbocycles. The molecule has 0 bridgehead atoms. The van der Waals surface area contributed by atoms with Crippen LogP contribution in [0.1, 0.15) is 29.9 Å². The van der Waals surface area contributed by atoms with Crippen LogP contribution in [0, 0.1) is 17.2 Å². The first kappa shape index (κ1) is 22.9. The van der Waals surface area contributed by atoms with Gasteiger partial charge in [-0.25, -0.2) is 18.7 Å². The van der Waals surface area contributed by atoms with Gasteiger partial charge in [-0.1, -0.05) is 0 Å². The molecule has 3 heterocycles. The van der Waals surface area contributed by atoms with Crippen molar-refractivity contribution < 1.29 is 18.3 Å². The number of anilines is 1. The quantitative estimate of drug-likeness (QED) is 0.558. The summed E-state index contributed by atoms with van der Waals surface area (Å²) in [4.78, 5) is 21.0. The van der Waals surface area contributed by atoms with Crippen LogP contribution in [0.3, 0.4) is 0 Å². The summed E-state index contributed by atoms with van der Waals surface area (Å²) in [5.74, 6) is -2.73. The Morgan fingerprint density at radius 2 is 2.20 bits per heavy atom. The van der Waals surface area contributed by atoms with Crippen LogP contribution in [-0.2, 0) is 11.8 Å². The van der Waals surface area contributed by atoms with Crippen molar-refractivity contribution in [1.29, 1.82) is 5.26 Å². The van der Waals surface area contributed by atoms with Gasteiger partial charge in [0.1, 0.15) is 24.0 Å². The molecule has 3 atom stereocenters. The number of rotatable bonds is 6. The first-order valence-electron chi connectivity index (χ1n) is 11.3. The van der Waals surface area contributed by atoms with Gasteiger partial charge in [-0.15, -0.1) is 0 Å². The van der Waals surface area contributed by atoms with E-state index in [4.69, 9.17) is 4.74 Å². The Labute approximate surface area is 200 Å². The van der Waals surface area contributed by atoms with E-state index in [-0.39, 0.29) is 35.5 Å². The fourth-order valence-corrected chi connectivity index (χ4v) is 4.28. The van der Waals surface area contributed by atoms with E-state index in [0.717, 1.165) is 12.0 Å². The highest BCUT2D eigenvalue weighted by atomic mass is 19.3. The van der Waals surface area contributed by atoms with Gasteiger partial charge >= 0.3 is 0 Å². The second-order valence-corrected chi connectivity index (χ2v) is 8.83. The summed E-state index contributed by atoms with van der Waals surface area (Å²) in [7, 11) is 1.84. The van der Waals surface area contributed by atoms with Gasteiger partial charge < -0.3 is 15.4 Å². The zero-order valence-corrected chi connectivity index (χ0v) is 18.9. The maximum Gasteiger partial charge on any atom is 0.296 e. The fourth-order valence-electron chi connectivity index (χ4n) is 4.28. The van der Waals surface area contributed by atoms with E-state index in [1.165, 1.54) is 18.5 Å². The number of nitrogens with one attached hydrogen (secondary N) is 2. The number of aromatic nitrogens is 4. The molecule has 1 aliphatic carbocycles. The van der Waals surface area contributed by atoms with Gasteiger partial charge in [0.05, 0.1) is 24.0 Å². The van der Waals surface area contributed by atoms with E-state index in [1.807, 2.05) is 19.3 Å². The fraction of sp³-hybridized carbons (Fsp3) is 0.375. The van der Waals surface area contributed by atoms with Crippen molar-refractivity contribution in [3.8, 4) is 23.1 Å². The molecule has 1 amide bonds. The SMILES string of the molecule is Cn1cc(C2CC2C(=O)Nc2cc(-c3ccc(O[C@H]4CCNCC4(F)F)c(C#N)c3)ncn2)cn1. The summed E-state index contributed by atoms with van der Waals surface area (Å²) in [6.07, 6.45) is 4.58. The number of hydrogen-bond donors (Lipinski definition) is 2. The Morgan fingerprint density at radius 1 is 1.34 bits per heavy atom. The number of carbonyl (C=O) groups is 1. The Kier molecular flexibility index (Phi) is 5.90. The average Bonchev–Trinajstić information content (AvgIpc) is 3.54. The van der Waals surface area contributed by atoms with Crippen molar-refractivity contribution in [2.24, 2.45) is 13.0 Å². The first-order valence-corrected chi connectivity index (χ1v) is 11.3. The number of aryl methyl sites for hydroxylation is 1. The van der Waals surface area contributed by atoms with E-state index in [1.54, 1.807) is 23.0 Å². The van der Waals surface area contributed by atoms with Gasteiger partial charge in [-0.05, 0) is 42.6 Å². The predicted octanol–water partition coefficient (Wildman–Crippen LogP) is 2.87. The lowest BCUT2D eigenvalue weighted by Gasteiger charge is -2.32. The van der Waals surface area contributed by atoms with Crippen molar-refractivity contribution >= 4 is 11.7 Å². The highest BCUT2D eigenvalue weighted by Gasteiger charge is 2.45. The van der Waals surface area contributed by atoms with Crippen LogP contribution in [0.15, 0.2) is 43.0 Å². The topological polar surface area (TPSA) is 118 Å². The minimum Gasteiger partial charge on any atom is -0.483 e. The Hall–Kier alpha value is -3.91. The molecule has 11 heteroatoms. The molecule has 2 aliphatic rings. The number of halogens is 2. The van der Waals surface area contributed by atoms with E-state index < -0.39 is 18.6 Å². The number of nitriles is 1. The molecule has 2 fully saturated rings. The van der Waals surface area contributed by atoms with Crippen LogP contribution in [0.2, 0.25) is 0 Å². The van der Waals surface area contributed by atoms with Crippen LogP contribution in [0.5, 0.6) is 5.75 Å². The summed E-state index contributed by atoms with van der Waals surface area (Å²) < 4.78 is 35.5. The molecule has 35 heavy (non-hydrogen) atoms. The molecule has 1 saturated carbocycles. The van der Waals surface area contributed by atoms with Crippen LogP contribution in [0.4, 0.5) is 14.6 Å². The van der Waals surface area contributed by atoms with Crippen LogP contribution in [-0.4, -0.2) is 50.8 Å². The van der Waals surface area contributed by atoms with Gasteiger partial charge in [0.2, 0.25) is 5.91 Å². The van der Waals surface area contributed by atoms with E-state index >= 15 is 0 Å². The molecule has 1 saturated heterocycles. The first-order chi connectivity index (χ1) is 16.8. The third kappa shape index (κ3) is 4.83. The highest BCUT2D eigenvalue weighted by Crippen LogP contribution is 2.47. The van der Waals surface area contributed by atoms with Gasteiger partial charge in [0.15, 0.2) is 6.10 Å². The summed E-state index contributed by atoms with van der Waals surface area (Å²) in [6.45, 7) is -0.0452. The molecule has 5 rings (SSSR count). The Balaban J connectivity index is 1.29. The number of ether oxygens (including phenoxy) is 1. The van der Waals surface area contributed by atoms with E-state index in [2.05, 4.69) is 25.7 Å². The second-order valence-electron chi connectivity index (χ2n) is 8.83. The minimum atomic E-state index is -3.03. The summed E-state index contributed by atoms with van der Waals surface area (Å²) in [6, 6.07) is 8.28. The monoisotopic (exact) mass is 479 g/mol. The van der Waals surface area contributed by atoms with Crippen molar-refractivity contribution in [3.05, 3.63) is 54.1 Å². The number of alkyl halides is 2. The summed E-state index contributed by atoms with van der Waals surface area (Å²) in [5, 5.41) is 19.2. The number of piperidine rings is 1. The molecular weight excluding hydrogens is 456 g/mol. The lowest BCUT2D eigenvalue weighted by atomic mass is 10.0. The van der Waals surface area contributed by atoms with Gasteiger partial charge in [-0.2, -0.15) is 10.4 Å². The molecule has 180 valence electrons. The maximum absolute atomic E-state index is 14.1. The molecule has 2 unspecified atom stereocenters. The predicted molar refractivity (Wildman–Crippen MR) is 122 cm³/mol. The van der Waals surface area contributed by atoms with Crippen LogP contribution >= 0.6 is 0 Å². The number of amides is 1. The smallest absolute Gasteiger partial charge is 0.296 e. The lowest BCUT2D eigenvalue weighted by molar-refractivity contribution is -0.117. The molecular formula is C24H23F2N7O2. The van der Waals surface area contributed by atoms with Gasteiger partial charge in [0.25, 0.3) is 5.92 Å². The molecule has 2 N–H and O–H groups in total. The number of hydrogen-bond acceptors (Lipinski definition) is 7. The molecule has 1 aliphatic heterocycles. The Bertz CT molecular complexity index is 1300. The summed E-state index contributed by atoms with van der Waals surface area (Å²) in [5.41, 5.74) is 2.21. The third-order valence-electron chi connectivity index (χ3n) is 6.28. The van der Waals surface area contributed by atoms with Crippen LogP contribution in [0.25, 0.3) is 11.3 Å². The number of nitrogens with zero attached hydrogens (tertiary/aromatic N) is 5. The summed E-state index contributed by atoms with van der Waals surface area (Å²) >= 11 is 0. The zero-order valence-electron chi connectivity index (χ0n) is 18.9. The van der Waals surface area contributed by atoms with Crippen LogP contribution < -0.4 is 15.4 Å². The molecule has 0 radical (unpaired) electrons. The molecule has 3 aromatic rings. The van der Waals surface area contributed by atoms with Crippen molar-refractivity contribution in [1.82, 2.24) is 25.1 Å². The largest absolute Gasteiger partial charge is 0.483 e. The highest BCUT2D eigenvalue weighted by molar-refractivity contribution is 5.94. The Morgan fingerprint density at radius 3 is 2.94 bits per heavy atom. The minimum absolute atomic E-state index is 0.0978. The van der Waals surface area contributed by atoms with Crippen molar-refractivity contribution in [2.45, 2.75) is 30.8 Å². The molecule has 9 nitrogen and oxygen atoms in total. The van der Waals surface area contributed by atoms with Gasteiger partial charge in [0, 0.05) is 37.2 Å². The number of carbonyl (C=O) groups excluding carboxylic acids is 1. The lowest BCUT2D eigenvalue weighted by Crippen LogP contribution is -2.52. The molecule has 2 aromatic heterocycles. The zero-order chi connectivity index (χ0) is 24.6. The van der Waals surface area contributed by atoms with E-state index in [0.29, 0.717) is 23.6 Å². The average molecular weight is 479 g/mol. The normalized spacial score (nSPS) is 22.7. The number of benzene rings is 1. The second kappa shape index (κ2) is 9.03. The van der Waals surface area contributed by atoms with Crippen molar-refractivity contribution in [2.75, 3.05) is 18.4 Å². The van der Waals surface area contributed by atoms with E-state index in [9.17, 15) is 18.8 Å².